The number of aromatic nitrogens is 1. The number of rotatable bonds is 2. The molecule has 1 aromatic rings. The van der Waals surface area contributed by atoms with E-state index in [1.54, 1.807) is 13.0 Å². The maximum absolute atomic E-state index is 8.76. The van der Waals surface area contributed by atoms with Gasteiger partial charge < -0.3 is 15.4 Å². The lowest BCUT2D eigenvalue weighted by Crippen LogP contribution is -2.37. The van der Waals surface area contributed by atoms with Crippen LogP contribution in [0.2, 0.25) is 0 Å². The van der Waals surface area contributed by atoms with Gasteiger partial charge in [0.25, 0.3) is 0 Å². The minimum Gasteiger partial charge on any atom is -0.394 e. The van der Waals surface area contributed by atoms with Crippen molar-refractivity contribution in [1.29, 1.82) is 0 Å². The summed E-state index contributed by atoms with van der Waals surface area (Å²) in [6.07, 6.45) is 1.43. The van der Waals surface area contributed by atoms with Gasteiger partial charge in [0.2, 0.25) is 0 Å². The van der Waals surface area contributed by atoms with Crippen LogP contribution in [0.5, 0.6) is 0 Å². The molecule has 0 spiro atoms. The molecule has 3 N–H and O–H groups in total. The molecule has 10 heavy (non-hydrogen) atoms. The lowest BCUT2D eigenvalue weighted by molar-refractivity contribution is 0.202. The molecule has 0 aliphatic carbocycles. The topological polar surface area (TPSA) is 72.3 Å². The average molecular weight is 142 g/mol. The van der Waals surface area contributed by atoms with Crippen molar-refractivity contribution < 1.29 is 9.63 Å². The molecule has 0 saturated heterocycles. The fraction of sp³-hybridized carbons (Fsp3) is 0.500. The molecule has 0 radical (unpaired) electrons. The number of nitrogens with zero attached hydrogens (tertiary/aromatic N) is 1. The molecule has 56 valence electrons. The highest BCUT2D eigenvalue weighted by Gasteiger charge is 2.22. The van der Waals surface area contributed by atoms with E-state index in [0.29, 0.717) is 5.69 Å². The van der Waals surface area contributed by atoms with E-state index in [4.69, 9.17) is 10.8 Å². The SMILES string of the molecule is CC(N)(CO)c1ccon1. The van der Waals surface area contributed by atoms with Crippen LogP contribution in [0, 0.1) is 0 Å². The van der Waals surface area contributed by atoms with E-state index in [0.717, 1.165) is 0 Å². The molecule has 4 nitrogen and oxygen atoms in total. The van der Waals surface area contributed by atoms with E-state index in [2.05, 4.69) is 9.68 Å². The van der Waals surface area contributed by atoms with Gasteiger partial charge in [-0.05, 0) is 6.92 Å². The van der Waals surface area contributed by atoms with E-state index in [9.17, 15) is 0 Å². The second-order valence-electron chi connectivity index (χ2n) is 2.46. The van der Waals surface area contributed by atoms with Gasteiger partial charge in [-0.3, -0.25) is 0 Å². The van der Waals surface area contributed by atoms with Crippen LogP contribution < -0.4 is 5.73 Å². The molecule has 0 bridgehead atoms. The van der Waals surface area contributed by atoms with Gasteiger partial charge in [-0.25, -0.2) is 0 Å². The first kappa shape index (κ1) is 7.24. The molecule has 1 unspecified atom stereocenters. The van der Waals surface area contributed by atoms with Gasteiger partial charge in [-0.15, -0.1) is 0 Å². The van der Waals surface area contributed by atoms with Crippen LogP contribution in [0.4, 0.5) is 0 Å². The number of aliphatic hydroxyl groups excluding tert-OH is 1. The fourth-order valence-electron chi connectivity index (χ4n) is 0.588. The van der Waals surface area contributed by atoms with Gasteiger partial charge in [-0.1, -0.05) is 5.16 Å². The fourth-order valence-corrected chi connectivity index (χ4v) is 0.588. The monoisotopic (exact) mass is 142 g/mol. The summed E-state index contributed by atoms with van der Waals surface area (Å²) >= 11 is 0. The number of hydrogen-bond donors (Lipinski definition) is 2. The molecule has 0 aliphatic rings. The Balaban J connectivity index is 2.85. The van der Waals surface area contributed by atoms with Crippen molar-refractivity contribution in [2.45, 2.75) is 12.5 Å². The van der Waals surface area contributed by atoms with Crippen molar-refractivity contribution in [1.82, 2.24) is 5.16 Å². The predicted molar refractivity (Wildman–Crippen MR) is 35.1 cm³/mol. The summed E-state index contributed by atoms with van der Waals surface area (Å²) < 4.78 is 4.56. The molecule has 1 heterocycles. The Labute approximate surface area is 58.6 Å². The maximum atomic E-state index is 8.76. The molecule has 0 fully saturated rings. The highest BCUT2D eigenvalue weighted by Crippen LogP contribution is 2.13. The van der Waals surface area contributed by atoms with E-state index < -0.39 is 5.54 Å². The van der Waals surface area contributed by atoms with Gasteiger partial charge in [0.15, 0.2) is 0 Å². The Kier molecular flexibility index (Phi) is 1.74. The van der Waals surface area contributed by atoms with Crippen LogP contribution in [0.1, 0.15) is 12.6 Å². The molecule has 0 aliphatic heterocycles. The Bertz CT molecular complexity index is 194. The van der Waals surface area contributed by atoms with E-state index in [1.165, 1.54) is 6.26 Å². The zero-order valence-electron chi connectivity index (χ0n) is 5.74. The van der Waals surface area contributed by atoms with Crippen molar-refractivity contribution in [3.05, 3.63) is 18.0 Å². The van der Waals surface area contributed by atoms with Gasteiger partial charge in [-0.2, -0.15) is 0 Å². The molecule has 1 rings (SSSR count). The van der Waals surface area contributed by atoms with Crippen LogP contribution in [-0.4, -0.2) is 16.9 Å². The number of hydrogen-bond acceptors (Lipinski definition) is 4. The van der Waals surface area contributed by atoms with Crippen LogP contribution in [0.15, 0.2) is 16.9 Å². The number of aliphatic hydroxyl groups is 1. The minimum atomic E-state index is -0.785. The molecule has 0 aromatic carbocycles. The Morgan fingerprint density at radius 1 is 1.90 bits per heavy atom. The highest BCUT2D eigenvalue weighted by atomic mass is 16.5. The molecule has 0 saturated carbocycles. The summed E-state index contributed by atoms with van der Waals surface area (Å²) in [5.74, 6) is 0. The second-order valence-corrected chi connectivity index (χ2v) is 2.46. The summed E-state index contributed by atoms with van der Waals surface area (Å²) in [4.78, 5) is 0. The second kappa shape index (κ2) is 2.40. The first-order chi connectivity index (χ1) is 4.67. The smallest absolute Gasteiger partial charge is 0.124 e. The van der Waals surface area contributed by atoms with Gasteiger partial charge in [0.1, 0.15) is 12.0 Å². The summed E-state index contributed by atoms with van der Waals surface area (Å²) in [6.45, 7) is 1.55. The third-order valence-electron chi connectivity index (χ3n) is 1.35. The van der Waals surface area contributed by atoms with Crippen molar-refractivity contribution in [2.75, 3.05) is 6.61 Å². The lowest BCUT2D eigenvalue weighted by atomic mass is 10.0. The molecular formula is C6H10N2O2. The van der Waals surface area contributed by atoms with Crippen LogP contribution in [0.3, 0.4) is 0 Å². The van der Waals surface area contributed by atoms with E-state index >= 15 is 0 Å². The van der Waals surface area contributed by atoms with Gasteiger partial charge in [0, 0.05) is 6.07 Å². The third kappa shape index (κ3) is 1.17. The largest absolute Gasteiger partial charge is 0.394 e. The highest BCUT2D eigenvalue weighted by molar-refractivity contribution is 5.08. The molecule has 4 heteroatoms. The van der Waals surface area contributed by atoms with Crippen molar-refractivity contribution in [2.24, 2.45) is 5.73 Å². The standard InChI is InChI=1S/C6H10N2O2/c1-6(7,4-9)5-2-3-10-8-5/h2-3,9H,4,7H2,1H3. The Morgan fingerprint density at radius 2 is 2.60 bits per heavy atom. The molecular weight excluding hydrogens is 132 g/mol. The zero-order chi connectivity index (χ0) is 7.61. The summed E-state index contributed by atoms with van der Waals surface area (Å²) in [5.41, 5.74) is 5.39. The maximum Gasteiger partial charge on any atom is 0.124 e. The normalized spacial score (nSPS) is 16.7. The Morgan fingerprint density at radius 3 is 3.00 bits per heavy atom. The van der Waals surface area contributed by atoms with Gasteiger partial charge >= 0.3 is 0 Å². The predicted octanol–water partition coefficient (Wildman–Crippen LogP) is -0.159. The first-order valence-electron chi connectivity index (χ1n) is 2.97. The van der Waals surface area contributed by atoms with Crippen molar-refractivity contribution in [3.63, 3.8) is 0 Å². The van der Waals surface area contributed by atoms with E-state index in [1.807, 2.05) is 0 Å². The van der Waals surface area contributed by atoms with Crippen molar-refractivity contribution >= 4 is 0 Å². The quantitative estimate of drug-likeness (QED) is 0.601. The number of nitrogens with two attached hydrogens (primary N) is 1. The van der Waals surface area contributed by atoms with Gasteiger partial charge in [0.05, 0.1) is 12.1 Å². The van der Waals surface area contributed by atoms with Crippen LogP contribution in [0.25, 0.3) is 0 Å². The molecule has 1 aromatic heterocycles. The molecule has 0 amide bonds. The van der Waals surface area contributed by atoms with E-state index in [-0.39, 0.29) is 6.61 Å². The van der Waals surface area contributed by atoms with Crippen LogP contribution in [-0.2, 0) is 5.54 Å². The van der Waals surface area contributed by atoms with Crippen LogP contribution >= 0.6 is 0 Å². The Hall–Kier alpha value is -0.870. The summed E-state index contributed by atoms with van der Waals surface area (Å²) in [6, 6.07) is 1.64. The first-order valence-corrected chi connectivity index (χ1v) is 2.97. The third-order valence-corrected chi connectivity index (χ3v) is 1.35. The minimum absolute atomic E-state index is 0.139. The average Bonchev–Trinajstić information content (AvgIpc) is 2.38. The molecule has 1 atom stereocenters. The summed E-state index contributed by atoms with van der Waals surface area (Å²) in [7, 11) is 0. The zero-order valence-corrected chi connectivity index (χ0v) is 5.74. The summed E-state index contributed by atoms with van der Waals surface area (Å²) in [5, 5.41) is 12.4. The van der Waals surface area contributed by atoms with Crippen molar-refractivity contribution in [3.8, 4) is 0 Å². The lowest BCUT2D eigenvalue weighted by Gasteiger charge is -2.17.